The van der Waals surface area contributed by atoms with Crippen molar-refractivity contribution in [1.29, 1.82) is 0 Å². The fourth-order valence-electron chi connectivity index (χ4n) is 10.2. The molecule has 85 heavy (non-hydrogen) atoms. The van der Waals surface area contributed by atoms with E-state index in [9.17, 15) is 81.7 Å². The van der Waals surface area contributed by atoms with Crippen LogP contribution in [0.1, 0.15) is 84.0 Å². The highest BCUT2D eigenvalue weighted by Gasteiger charge is 2.51. The zero-order chi connectivity index (χ0) is 61.8. The van der Waals surface area contributed by atoms with Crippen molar-refractivity contribution in [1.82, 2.24) is 0 Å². The number of hydrogen-bond acceptors (Lipinski definition) is 31. The fraction of sp³-hybridized carbons (Fsp3) is 1.00. The second kappa shape index (κ2) is 40.6. The third-order valence-corrected chi connectivity index (χ3v) is 15.3. The van der Waals surface area contributed by atoms with Gasteiger partial charge in [-0.1, -0.05) is 51.9 Å². The van der Waals surface area contributed by atoms with Crippen molar-refractivity contribution in [2.24, 2.45) is 0 Å². The predicted octanol–water partition coefficient (Wildman–Crippen LogP) is -6.12. The second-order valence-corrected chi connectivity index (χ2v) is 21.8. The average Bonchev–Trinajstić information content (AvgIpc) is 3.56. The number of ether oxygens (including phenoxy) is 15. The van der Waals surface area contributed by atoms with Gasteiger partial charge in [0.2, 0.25) is 0 Å². The Labute approximate surface area is 494 Å². The van der Waals surface area contributed by atoms with E-state index >= 15 is 0 Å². The highest BCUT2D eigenvalue weighted by atomic mass is 16.7. The van der Waals surface area contributed by atoms with E-state index in [1.807, 2.05) is 0 Å². The summed E-state index contributed by atoms with van der Waals surface area (Å²) in [6.45, 7) is -0.702. The molecule has 0 radical (unpaired) electrons. The molecule has 10 unspecified atom stereocenters. The van der Waals surface area contributed by atoms with Crippen molar-refractivity contribution in [2.75, 3.05) is 106 Å². The zero-order valence-electron chi connectivity index (χ0n) is 48.5. The summed E-state index contributed by atoms with van der Waals surface area (Å²) in [6, 6.07) is 0. The molecule has 0 amide bonds. The first kappa shape index (κ1) is 74.5. The van der Waals surface area contributed by atoms with Crippen LogP contribution in [0.25, 0.3) is 0 Å². The maximum absolute atomic E-state index is 10.6. The highest BCUT2D eigenvalue weighted by Crippen LogP contribution is 2.32. The minimum Gasteiger partial charge on any atom is -0.394 e. The van der Waals surface area contributed by atoms with Crippen LogP contribution in [0.3, 0.4) is 0 Å². The van der Waals surface area contributed by atoms with E-state index in [-0.39, 0.29) is 98.4 Å². The molecule has 5 aliphatic heterocycles. The molecule has 31 heteroatoms. The Bertz CT molecular complexity index is 1700. The molecule has 0 aliphatic carbocycles. The van der Waals surface area contributed by atoms with Crippen LogP contribution < -0.4 is 0 Å². The van der Waals surface area contributed by atoms with Gasteiger partial charge in [-0.25, -0.2) is 0 Å². The summed E-state index contributed by atoms with van der Waals surface area (Å²) in [7, 11) is 0. The van der Waals surface area contributed by atoms with Gasteiger partial charge in [0.15, 0.2) is 31.5 Å². The van der Waals surface area contributed by atoms with E-state index in [2.05, 4.69) is 6.92 Å². The quantitative estimate of drug-likeness (QED) is 0.0253. The monoisotopic (exact) mass is 1240 g/mol. The van der Waals surface area contributed by atoms with E-state index in [4.69, 9.17) is 71.1 Å². The molecule has 31 nitrogen and oxygen atoms in total. The van der Waals surface area contributed by atoms with Crippen LogP contribution in [0.2, 0.25) is 0 Å². The van der Waals surface area contributed by atoms with Crippen molar-refractivity contribution in [3.8, 4) is 0 Å². The van der Waals surface area contributed by atoms with E-state index in [0.29, 0.717) is 6.61 Å². The molecule has 5 heterocycles. The third kappa shape index (κ3) is 22.8. The van der Waals surface area contributed by atoms with Gasteiger partial charge in [-0.3, -0.25) is 0 Å². The van der Waals surface area contributed by atoms with Crippen LogP contribution in [0.15, 0.2) is 0 Å². The van der Waals surface area contributed by atoms with Gasteiger partial charge < -0.3 is 153 Å². The SMILES string of the molecule is CCCCCCCCCCOCCO[C@@H]1OC(COCCCO[C@@H]2OC(CO)[C@@H](O)C(O)[C@@H]2O)[C@@H](OCCCO[C@@H]2OC(CO)[C@@H](O)C(O)[C@@H]2O)C(OCCCO[C@@H]2OC(CO)[C@@H](O)C(O)[C@@H]2O)[C@@H]1OCCCO[C@@H]1OC(CO)[C@@H](O)C(O)[C@@H]1O. The molecule has 0 spiro atoms. The van der Waals surface area contributed by atoms with Gasteiger partial charge in [0, 0.05) is 33.0 Å². The summed E-state index contributed by atoms with van der Waals surface area (Å²) in [5.41, 5.74) is 0. The topological polar surface area (TPSA) is 462 Å². The minimum absolute atomic E-state index is 0.0181. The van der Waals surface area contributed by atoms with Gasteiger partial charge in [-0.2, -0.15) is 0 Å². The van der Waals surface area contributed by atoms with Crippen LogP contribution in [-0.2, 0) is 71.1 Å². The average molecular weight is 1250 g/mol. The molecule has 5 saturated heterocycles. The lowest BCUT2D eigenvalue weighted by atomic mass is 9.98. The summed E-state index contributed by atoms with van der Waals surface area (Å²) < 4.78 is 89.6. The number of aliphatic hydroxyl groups is 16. The Hall–Kier alpha value is -1.24. The van der Waals surface area contributed by atoms with Crippen LogP contribution in [0.5, 0.6) is 0 Å². The van der Waals surface area contributed by atoms with Gasteiger partial charge in [-0.05, 0) is 32.1 Å². The minimum atomic E-state index is -1.68. The standard InChI is InChI=1S/C54H100O31/c1-2-3-4-5-6-7-8-9-14-71-23-24-80-54-49(75-18-13-22-79-53-46(70)42(66)38(62)33(28-58)84-53)48(74-17-12-21-78-52-45(69)41(65)37(61)32(27-57)83-52)47(73-16-11-20-77-51-44(68)40(64)36(60)31(26-56)82-51)34(85-54)29-72-15-10-19-76-50-43(67)39(63)35(59)30(25-55)81-50/h30-70H,2-29H2,1H3/t30?,31?,32?,33?,34?,35-,36-,37-,38-,39?,40?,41?,42?,43+,44+,45+,46+,47-,48?,49+,50-,51-,52-,53-,54-/m1/s1. The second-order valence-electron chi connectivity index (χ2n) is 21.8. The smallest absolute Gasteiger partial charge is 0.187 e. The summed E-state index contributed by atoms with van der Waals surface area (Å²) >= 11 is 0. The lowest BCUT2D eigenvalue weighted by molar-refractivity contribution is -0.327. The van der Waals surface area contributed by atoms with Gasteiger partial charge >= 0.3 is 0 Å². The van der Waals surface area contributed by atoms with Crippen LogP contribution in [0.4, 0.5) is 0 Å². The fourth-order valence-corrected chi connectivity index (χ4v) is 10.2. The largest absolute Gasteiger partial charge is 0.394 e. The molecule has 25 atom stereocenters. The van der Waals surface area contributed by atoms with E-state index < -0.39 is 180 Å². The molecule has 16 N–H and O–H groups in total. The highest BCUT2D eigenvalue weighted by molar-refractivity contribution is 4.95. The Kier molecular flexibility index (Phi) is 35.6. The molecule has 5 rings (SSSR count). The van der Waals surface area contributed by atoms with Crippen molar-refractivity contribution in [3.05, 3.63) is 0 Å². The number of hydrogen-bond donors (Lipinski definition) is 16. The van der Waals surface area contributed by atoms with Crippen LogP contribution in [0, 0.1) is 0 Å². The predicted molar refractivity (Wildman–Crippen MR) is 285 cm³/mol. The third-order valence-electron chi connectivity index (χ3n) is 15.3. The first-order valence-corrected chi connectivity index (χ1v) is 30.0. The van der Waals surface area contributed by atoms with Crippen molar-refractivity contribution in [3.63, 3.8) is 0 Å². The van der Waals surface area contributed by atoms with Crippen molar-refractivity contribution < 1.29 is 153 Å². The maximum Gasteiger partial charge on any atom is 0.187 e. The Morgan fingerprint density at radius 3 is 0.941 bits per heavy atom. The Balaban J connectivity index is 1.33. The van der Waals surface area contributed by atoms with Crippen LogP contribution >= 0.6 is 0 Å². The summed E-state index contributed by atoms with van der Waals surface area (Å²) in [5.74, 6) is 0. The first-order valence-electron chi connectivity index (χ1n) is 30.0. The summed E-state index contributed by atoms with van der Waals surface area (Å²) in [5, 5.41) is 163. The summed E-state index contributed by atoms with van der Waals surface area (Å²) in [4.78, 5) is 0. The Morgan fingerprint density at radius 2 is 0.553 bits per heavy atom. The number of unbranched alkanes of at least 4 members (excludes halogenated alkanes) is 7. The molecule has 0 saturated carbocycles. The molecule has 0 aromatic heterocycles. The van der Waals surface area contributed by atoms with E-state index in [0.717, 1.165) is 25.7 Å². The molecular formula is C54H100O31. The zero-order valence-corrected chi connectivity index (χ0v) is 48.5. The normalized spacial score (nSPS) is 39.1. The molecule has 5 fully saturated rings. The molecule has 502 valence electrons. The molecule has 5 aliphatic rings. The van der Waals surface area contributed by atoms with Crippen molar-refractivity contribution >= 4 is 0 Å². The number of aliphatic hydroxyl groups excluding tert-OH is 16. The molecule has 0 aromatic carbocycles. The Morgan fingerprint density at radius 1 is 0.247 bits per heavy atom. The molecular weight excluding hydrogens is 1140 g/mol. The number of rotatable bonds is 42. The molecule has 0 aromatic rings. The lowest BCUT2D eigenvalue weighted by Crippen LogP contribution is -2.62. The van der Waals surface area contributed by atoms with E-state index in [1.165, 1.54) is 25.7 Å². The van der Waals surface area contributed by atoms with E-state index in [1.54, 1.807) is 0 Å². The van der Waals surface area contributed by atoms with Gasteiger partial charge in [0.1, 0.15) is 122 Å². The van der Waals surface area contributed by atoms with Gasteiger partial charge in [-0.15, -0.1) is 0 Å². The lowest BCUT2D eigenvalue weighted by Gasteiger charge is -2.46. The molecule has 0 bridgehead atoms. The van der Waals surface area contributed by atoms with Gasteiger partial charge in [0.05, 0.1) is 72.7 Å². The summed E-state index contributed by atoms with van der Waals surface area (Å²) in [6.07, 6.45) is -26.2. The first-order chi connectivity index (χ1) is 41.0. The maximum atomic E-state index is 10.6. The van der Waals surface area contributed by atoms with Gasteiger partial charge in [0.25, 0.3) is 0 Å². The van der Waals surface area contributed by atoms with Crippen LogP contribution in [-0.4, -0.2) is 341 Å². The van der Waals surface area contributed by atoms with Crippen molar-refractivity contribution in [2.45, 2.75) is 238 Å².